The van der Waals surface area contributed by atoms with E-state index >= 15 is 0 Å². The number of halogens is 1. The Labute approximate surface area is 110 Å². The van der Waals surface area contributed by atoms with Crippen molar-refractivity contribution < 1.29 is 4.79 Å². The Morgan fingerprint density at radius 2 is 1.94 bits per heavy atom. The van der Waals surface area contributed by atoms with Crippen molar-refractivity contribution in [1.29, 1.82) is 0 Å². The Hall–Kier alpha value is -1.74. The molecule has 18 heavy (non-hydrogen) atoms. The van der Waals surface area contributed by atoms with Crippen molar-refractivity contribution in [2.75, 3.05) is 0 Å². The van der Waals surface area contributed by atoms with E-state index in [1.165, 1.54) is 0 Å². The van der Waals surface area contributed by atoms with Gasteiger partial charge in [0, 0.05) is 18.3 Å². The van der Waals surface area contributed by atoms with Crippen molar-refractivity contribution in [2.45, 2.75) is 13.0 Å². The number of fused-ring (bicyclic) bond motifs is 1. The second-order valence-corrected chi connectivity index (χ2v) is 5.08. The monoisotopic (exact) mass is 260 g/mol. The second-order valence-electron chi connectivity index (χ2n) is 4.64. The quantitative estimate of drug-likeness (QED) is 0.841. The van der Waals surface area contributed by atoms with E-state index in [1.54, 1.807) is 0 Å². The standard InChI is InChI=1S/C14H13ClN2O/c1-8-7-17(2)13-11(8)14(18)16-12(13)9-3-5-10(15)6-4-9/h3-7,12H,1-2H3,(H,16,18). The van der Waals surface area contributed by atoms with Crippen LogP contribution >= 0.6 is 11.6 Å². The molecule has 0 aliphatic carbocycles. The summed E-state index contributed by atoms with van der Waals surface area (Å²) in [5, 5.41) is 3.71. The van der Waals surface area contributed by atoms with Crippen LogP contribution in [-0.2, 0) is 7.05 Å². The number of nitrogens with one attached hydrogen (secondary N) is 1. The fraction of sp³-hybridized carbons (Fsp3) is 0.214. The number of carbonyl (C=O) groups excluding carboxylic acids is 1. The molecular formula is C14H13ClN2O. The number of amides is 1. The molecule has 92 valence electrons. The molecule has 0 saturated heterocycles. The van der Waals surface area contributed by atoms with Crippen LogP contribution in [-0.4, -0.2) is 10.5 Å². The first-order valence-electron chi connectivity index (χ1n) is 5.80. The maximum Gasteiger partial charge on any atom is 0.254 e. The lowest BCUT2D eigenvalue weighted by molar-refractivity contribution is 0.0960. The molecule has 2 heterocycles. The van der Waals surface area contributed by atoms with E-state index in [2.05, 4.69) is 5.32 Å². The lowest BCUT2D eigenvalue weighted by atomic mass is 10.0. The fourth-order valence-electron chi connectivity index (χ4n) is 2.61. The van der Waals surface area contributed by atoms with Gasteiger partial charge in [-0.15, -0.1) is 0 Å². The summed E-state index contributed by atoms with van der Waals surface area (Å²) in [5.74, 6) is 0.00282. The number of aromatic nitrogens is 1. The van der Waals surface area contributed by atoms with E-state index in [0.29, 0.717) is 5.02 Å². The number of benzene rings is 1. The number of carbonyl (C=O) groups is 1. The summed E-state index contributed by atoms with van der Waals surface area (Å²) in [6.45, 7) is 1.96. The maximum absolute atomic E-state index is 12.0. The highest BCUT2D eigenvalue weighted by atomic mass is 35.5. The van der Waals surface area contributed by atoms with E-state index in [0.717, 1.165) is 22.4 Å². The molecule has 1 amide bonds. The number of hydrogen-bond donors (Lipinski definition) is 1. The third-order valence-corrected chi connectivity index (χ3v) is 3.65. The minimum Gasteiger partial charge on any atom is -0.351 e. The Balaban J connectivity index is 2.12. The third-order valence-electron chi connectivity index (χ3n) is 3.40. The maximum atomic E-state index is 12.0. The molecule has 1 aromatic carbocycles. The Bertz CT molecular complexity index is 628. The van der Waals surface area contributed by atoms with Crippen molar-refractivity contribution in [2.24, 2.45) is 7.05 Å². The fourth-order valence-corrected chi connectivity index (χ4v) is 2.74. The topological polar surface area (TPSA) is 34.0 Å². The molecule has 1 unspecified atom stereocenters. The van der Waals surface area contributed by atoms with E-state index in [9.17, 15) is 4.79 Å². The van der Waals surface area contributed by atoms with Gasteiger partial charge in [-0.1, -0.05) is 23.7 Å². The minimum atomic E-state index is -0.0801. The van der Waals surface area contributed by atoms with Crippen LogP contribution in [0.1, 0.15) is 33.2 Å². The molecular weight excluding hydrogens is 248 g/mol. The van der Waals surface area contributed by atoms with Gasteiger partial charge >= 0.3 is 0 Å². The summed E-state index contributed by atoms with van der Waals surface area (Å²) < 4.78 is 2.02. The van der Waals surface area contributed by atoms with Crippen LogP contribution in [0, 0.1) is 6.92 Å². The molecule has 2 aromatic rings. The molecule has 1 N–H and O–H groups in total. The van der Waals surface area contributed by atoms with E-state index in [4.69, 9.17) is 11.6 Å². The van der Waals surface area contributed by atoms with Gasteiger partial charge in [-0.25, -0.2) is 0 Å². The molecule has 3 nitrogen and oxygen atoms in total. The van der Waals surface area contributed by atoms with Gasteiger partial charge < -0.3 is 9.88 Å². The van der Waals surface area contributed by atoms with Crippen molar-refractivity contribution in [1.82, 2.24) is 9.88 Å². The SMILES string of the molecule is Cc1cn(C)c2c1C(=O)NC2c1ccc(Cl)cc1. The zero-order valence-electron chi connectivity index (χ0n) is 10.2. The van der Waals surface area contributed by atoms with Crippen molar-refractivity contribution in [3.8, 4) is 0 Å². The van der Waals surface area contributed by atoms with Crippen molar-refractivity contribution in [3.63, 3.8) is 0 Å². The summed E-state index contributed by atoms with van der Waals surface area (Å²) in [6.07, 6.45) is 1.99. The highest BCUT2D eigenvalue weighted by Gasteiger charge is 2.33. The van der Waals surface area contributed by atoms with E-state index < -0.39 is 0 Å². The minimum absolute atomic E-state index is 0.00282. The molecule has 0 saturated carbocycles. The van der Waals surface area contributed by atoms with Gasteiger partial charge in [-0.2, -0.15) is 0 Å². The summed E-state index contributed by atoms with van der Waals surface area (Å²) in [6, 6.07) is 7.51. The van der Waals surface area contributed by atoms with Crippen LogP contribution in [0.3, 0.4) is 0 Å². The Kier molecular flexibility index (Phi) is 2.45. The first-order chi connectivity index (χ1) is 8.58. The summed E-state index contributed by atoms with van der Waals surface area (Å²) in [5.41, 5.74) is 3.89. The average Bonchev–Trinajstić information content (AvgIpc) is 2.81. The Morgan fingerprint density at radius 3 is 2.61 bits per heavy atom. The third kappa shape index (κ3) is 1.55. The van der Waals surface area contributed by atoms with Crippen LogP contribution in [0.4, 0.5) is 0 Å². The summed E-state index contributed by atoms with van der Waals surface area (Å²) in [4.78, 5) is 12.0. The predicted octanol–water partition coefficient (Wildman–Crippen LogP) is 2.82. The molecule has 1 aliphatic heterocycles. The van der Waals surface area contributed by atoms with Crippen LogP contribution in [0.5, 0.6) is 0 Å². The molecule has 0 radical (unpaired) electrons. The van der Waals surface area contributed by atoms with Crippen LogP contribution in [0.2, 0.25) is 5.02 Å². The summed E-state index contributed by atoms with van der Waals surface area (Å²) in [7, 11) is 1.97. The molecule has 3 rings (SSSR count). The van der Waals surface area contributed by atoms with E-state index in [-0.39, 0.29) is 11.9 Å². The number of hydrogen-bond acceptors (Lipinski definition) is 1. The molecule has 1 aliphatic rings. The number of rotatable bonds is 1. The molecule has 0 spiro atoms. The van der Waals surface area contributed by atoms with Gasteiger partial charge in [0.25, 0.3) is 5.91 Å². The van der Waals surface area contributed by atoms with Crippen molar-refractivity contribution >= 4 is 17.5 Å². The first-order valence-corrected chi connectivity index (χ1v) is 6.18. The summed E-state index contributed by atoms with van der Waals surface area (Å²) >= 11 is 5.89. The van der Waals surface area contributed by atoms with E-state index in [1.807, 2.05) is 49.0 Å². The average molecular weight is 261 g/mol. The van der Waals surface area contributed by atoms with Gasteiger partial charge in [0.05, 0.1) is 17.3 Å². The second kappa shape index (κ2) is 3.89. The van der Waals surface area contributed by atoms with Crippen LogP contribution < -0.4 is 5.32 Å². The zero-order valence-corrected chi connectivity index (χ0v) is 11.0. The normalized spacial score (nSPS) is 17.7. The lowest BCUT2D eigenvalue weighted by Gasteiger charge is -2.13. The Morgan fingerprint density at radius 1 is 1.28 bits per heavy atom. The molecule has 1 atom stereocenters. The van der Waals surface area contributed by atoms with Gasteiger partial charge in [0.1, 0.15) is 0 Å². The molecule has 0 bridgehead atoms. The van der Waals surface area contributed by atoms with Gasteiger partial charge in [0.2, 0.25) is 0 Å². The van der Waals surface area contributed by atoms with Gasteiger partial charge in [-0.05, 0) is 30.2 Å². The predicted molar refractivity (Wildman–Crippen MR) is 70.9 cm³/mol. The van der Waals surface area contributed by atoms with Gasteiger partial charge in [-0.3, -0.25) is 4.79 Å². The number of nitrogens with zero attached hydrogens (tertiary/aromatic N) is 1. The van der Waals surface area contributed by atoms with Crippen molar-refractivity contribution in [3.05, 3.63) is 57.9 Å². The van der Waals surface area contributed by atoms with Crippen LogP contribution in [0.25, 0.3) is 0 Å². The molecule has 0 fully saturated rings. The first kappa shape index (κ1) is 11.4. The molecule has 4 heteroatoms. The zero-order chi connectivity index (χ0) is 12.9. The number of aryl methyl sites for hydroxylation is 2. The highest BCUT2D eigenvalue weighted by molar-refractivity contribution is 6.30. The smallest absolute Gasteiger partial charge is 0.254 e. The van der Waals surface area contributed by atoms with Gasteiger partial charge in [0.15, 0.2) is 0 Å². The van der Waals surface area contributed by atoms with Crippen LogP contribution in [0.15, 0.2) is 30.5 Å². The highest BCUT2D eigenvalue weighted by Crippen LogP contribution is 2.33. The lowest BCUT2D eigenvalue weighted by Crippen LogP contribution is -2.21. The largest absolute Gasteiger partial charge is 0.351 e. The molecule has 1 aromatic heterocycles.